The molecule has 1 saturated heterocycles. The van der Waals surface area contributed by atoms with Crippen LogP contribution in [0.25, 0.3) is 0 Å². The van der Waals surface area contributed by atoms with Crippen molar-refractivity contribution in [2.24, 2.45) is 16.1 Å². The molecule has 8 heteroatoms. The number of ether oxygens (including phenoxy) is 1. The summed E-state index contributed by atoms with van der Waals surface area (Å²) in [5, 5.41) is 7.93. The first-order valence-electron chi connectivity index (χ1n) is 10.1. The Morgan fingerprint density at radius 2 is 2.03 bits per heavy atom. The van der Waals surface area contributed by atoms with Gasteiger partial charge in [-0.2, -0.15) is 5.10 Å². The summed E-state index contributed by atoms with van der Waals surface area (Å²) >= 11 is 0. The molecule has 160 valence electrons. The van der Waals surface area contributed by atoms with Gasteiger partial charge in [0.25, 0.3) is 0 Å². The standard InChI is InChI=1S/C21H30N4O3.ClH/c1-2-27-20(26)5-3-4-12-25-13-10-21(11-14-25)15-19(24-28-21)18-8-6-17(7-9-18)16-23-22;/h6-9,16H,2-5,10-15,22H2,1H3;1H. The lowest BCUT2D eigenvalue weighted by Crippen LogP contribution is -2.44. The molecule has 2 N–H and O–H groups in total. The number of unbranched alkanes of at least 4 members (excludes halogenated alkanes) is 1. The number of hydrazone groups is 1. The van der Waals surface area contributed by atoms with E-state index in [1.165, 1.54) is 0 Å². The average Bonchev–Trinajstić information content (AvgIpc) is 3.12. The third-order valence-corrected chi connectivity index (χ3v) is 5.48. The van der Waals surface area contributed by atoms with Crippen LogP contribution in [0.3, 0.4) is 0 Å². The van der Waals surface area contributed by atoms with E-state index in [0.29, 0.717) is 13.0 Å². The lowest BCUT2D eigenvalue weighted by Gasteiger charge is -2.37. The molecule has 0 aromatic heterocycles. The van der Waals surface area contributed by atoms with Gasteiger partial charge in [-0.05, 0) is 37.4 Å². The van der Waals surface area contributed by atoms with Gasteiger partial charge in [-0.1, -0.05) is 29.4 Å². The van der Waals surface area contributed by atoms with Gasteiger partial charge in [0.05, 0.1) is 18.5 Å². The Hall–Kier alpha value is -2.12. The van der Waals surface area contributed by atoms with Crippen LogP contribution in [0.4, 0.5) is 0 Å². The van der Waals surface area contributed by atoms with Crippen LogP contribution in [0.15, 0.2) is 34.5 Å². The van der Waals surface area contributed by atoms with Crippen LogP contribution in [0.2, 0.25) is 0 Å². The maximum Gasteiger partial charge on any atom is 0.305 e. The lowest BCUT2D eigenvalue weighted by atomic mass is 9.85. The fourth-order valence-corrected chi connectivity index (χ4v) is 3.81. The molecular formula is C21H31ClN4O3. The van der Waals surface area contributed by atoms with Crippen LogP contribution < -0.4 is 5.84 Å². The summed E-state index contributed by atoms with van der Waals surface area (Å²) in [6.07, 6.45) is 6.87. The number of nitrogens with two attached hydrogens (primary N) is 1. The molecule has 2 aliphatic rings. The molecule has 7 nitrogen and oxygen atoms in total. The van der Waals surface area contributed by atoms with E-state index in [-0.39, 0.29) is 24.0 Å². The van der Waals surface area contributed by atoms with Gasteiger partial charge in [-0.25, -0.2) is 0 Å². The molecule has 2 aliphatic heterocycles. The summed E-state index contributed by atoms with van der Waals surface area (Å²) in [5.74, 6) is 5.10. The van der Waals surface area contributed by atoms with Gasteiger partial charge in [0.2, 0.25) is 0 Å². The number of piperidine rings is 1. The zero-order chi connectivity index (χ0) is 19.8. The monoisotopic (exact) mass is 422 g/mol. The number of rotatable bonds is 8. The van der Waals surface area contributed by atoms with E-state index in [9.17, 15) is 4.79 Å². The van der Waals surface area contributed by atoms with E-state index in [1.54, 1.807) is 6.21 Å². The molecule has 0 aliphatic carbocycles. The highest BCUT2D eigenvalue weighted by Gasteiger charge is 2.42. The van der Waals surface area contributed by atoms with Crippen molar-refractivity contribution in [1.82, 2.24) is 4.90 Å². The third-order valence-electron chi connectivity index (χ3n) is 5.48. The fourth-order valence-electron chi connectivity index (χ4n) is 3.81. The second kappa shape index (κ2) is 11.2. The topological polar surface area (TPSA) is 89.5 Å². The van der Waals surface area contributed by atoms with Crippen LogP contribution in [0, 0.1) is 0 Å². The van der Waals surface area contributed by atoms with E-state index in [0.717, 1.165) is 68.6 Å². The SMILES string of the molecule is CCOC(=O)CCCCN1CCC2(CC1)CC(c1ccc(C=NN)cc1)=NO2.Cl. The molecule has 29 heavy (non-hydrogen) atoms. The highest BCUT2D eigenvalue weighted by molar-refractivity contribution is 6.02. The summed E-state index contributed by atoms with van der Waals surface area (Å²) in [5.41, 5.74) is 2.91. The Morgan fingerprint density at radius 1 is 1.31 bits per heavy atom. The molecule has 0 unspecified atom stereocenters. The molecule has 1 fully saturated rings. The Balaban J connectivity index is 0.00000300. The number of hydrogen-bond donors (Lipinski definition) is 1. The van der Waals surface area contributed by atoms with Crippen LogP contribution in [-0.4, -0.2) is 54.6 Å². The van der Waals surface area contributed by atoms with E-state index >= 15 is 0 Å². The summed E-state index contributed by atoms with van der Waals surface area (Å²) in [6, 6.07) is 8.05. The maximum absolute atomic E-state index is 11.4. The molecule has 1 aromatic rings. The Kier molecular flexibility index (Phi) is 8.92. The molecule has 0 saturated carbocycles. The van der Waals surface area contributed by atoms with Crippen molar-refractivity contribution in [2.75, 3.05) is 26.2 Å². The lowest BCUT2D eigenvalue weighted by molar-refractivity contribution is -0.143. The number of esters is 1. The molecule has 3 rings (SSSR count). The Bertz CT molecular complexity index is 713. The second-order valence-corrected chi connectivity index (χ2v) is 7.49. The van der Waals surface area contributed by atoms with Crippen LogP contribution >= 0.6 is 12.4 Å². The van der Waals surface area contributed by atoms with Gasteiger partial charge in [-0.3, -0.25) is 4.79 Å². The zero-order valence-corrected chi connectivity index (χ0v) is 17.8. The Labute approximate surface area is 178 Å². The van der Waals surface area contributed by atoms with Crippen molar-refractivity contribution in [2.45, 2.75) is 51.0 Å². The van der Waals surface area contributed by atoms with Crippen LogP contribution in [-0.2, 0) is 14.4 Å². The average molecular weight is 423 g/mol. The predicted molar refractivity (Wildman–Crippen MR) is 117 cm³/mol. The number of likely N-dealkylation sites (tertiary alicyclic amines) is 1. The minimum atomic E-state index is -0.159. The van der Waals surface area contributed by atoms with Gasteiger partial charge in [0, 0.05) is 38.8 Å². The van der Waals surface area contributed by atoms with Crippen LogP contribution in [0.5, 0.6) is 0 Å². The van der Waals surface area contributed by atoms with E-state index in [2.05, 4.69) is 15.2 Å². The largest absolute Gasteiger partial charge is 0.466 e. The van der Waals surface area contributed by atoms with Crippen molar-refractivity contribution in [3.8, 4) is 0 Å². The van der Waals surface area contributed by atoms with Crippen molar-refractivity contribution < 1.29 is 14.4 Å². The fraction of sp³-hybridized carbons (Fsp3) is 0.571. The third kappa shape index (κ3) is 6.44. The van der Waals surface area contributed by atoms with Gasteiger partial charge in [0.15, 0.2) is 0 Å². The minimum absolute atomic E-state index is 0. The van der Waals surface area contributed by atoms with E-state index < -0.39 is 0 Å². The zero-order valence-electron chi connectivity index (χ0n) is 17.0. The number of hydrogen-bond acceptors (Lipinski definition) is 7. The minimum Gasteiger partial charge on any atom is -0.466 e. The van der Waals surface area contributed by atoms with E-state index in [4.69, 9.17) is 15.4 Å². The van der Waals surface area contributed by atoms with Gasteiger partial charge >= 0.3 is 5.97 Å². The highest BCUT2D eigenvalue weighted by Crippen LogP contribution is 2.36. The second-order valence-electron chi connectivity index (χ2n) is 7.49. The number of carbonyl (C=O) groups is 1. The summed E-state index contributed by atoms with van der Waals surface area (Å²) in [4.78, 5) is 19.8. The van der Waals surface area contributed by atoms with Gasteiger partial charge < -0.3 is 20.3 Å². The molecule has 0 amide bonds. The summed E-state index contributed by atoms with van der Waals surface area (Å²) in [6.45, 7) is 5.34. The quantitative estimate of drug-likeness (QED) is 0.228. The number of nitrogens with zero attached hydrogens (tertiary/aromatic N) is 3. The van der Waals surface area contributed by atoms with Crippen molar-refractivity contribution in [3.63, 3.8) is 0 Å². The number of benzene rings is 1. The molecule has 0 bridgehead atoms. The molecule has 1 spiro atoms. The summed E-state index contributed by atoms with van der Waals surface area (Å²) < 4.78 is 4.97. The molecule has 0 atom stereocenters. The number of carbonyl (C=O) groups excluding carboxylic acids is 1. The normalized spacial score (nSPS) is 18.3. The maximum atomic E-state index is 11.4. The van der Waals surface area contributed by atoms with Crippen molar-refractivity contribution in [3.05, 3.63) is 35.4 Å². The van der Waals surface area contributed by atoms with Crippen molar-refractivity contribution >= 4 is 30.3 Å². The molecule has 0 radical (unpaired) electrons. The Morgan fingerprint density at radius 3 is 2.69 bits per heavy atom. The van der Waals surface area contributed by atoms with Gasteiger partial charge in [0.1, 0.15) is 5.60 Å². The predicted octanol–water partition coefficient (Wildman–Crippen LogP) is 3.09. The summed E-state index contributed by atoms with van der Waals surface area (Å²) in [7, 11) is 0. The first-order valence-corrected chi connectivity index (χ1v) is 10.1. The number of halogens is 1. The number of oxime groups is 1. The van der Waals surface area contributed by atoms with Crippen molar-refractivity contribution in [1.29, 1.82) is 0 Å². The molecule has 1 aromatic carbocycles. The van der Waals surface area contributed by atoms with Crippen LogP contribution in [0.1, 0.15) is 56.6 Å². The van der Waals surface area contributed by atoms with Gasteiger partial charge in [-0.15, -0.1) is 12.4 Å². The molecular weight excluding hydrogens is 392 g/mol. The highest BCUT2D eigenvalue weighted by atomic mass is 35.5. The van der Waals surface area contributed by atoms with E-state index in [1.807, 2.05) is 31.2 Å². The smallest absolute Gasteiger partial charge is 0.305 e. The molecule has 2 heterocycles. The first-order chi connectivity index (χ1) is 13.6. The first kappa shape index (κ1) is 23.2.